The predicted molar refractivity (Wildman–Crippen MR) is 59.9 cm³/mol. The maximum absolute atomic E-state index is 10.8. The largest absolute Gasteiger partial charge is 0.366 e. The van der Waals surface area contributed by atoms with Crippen molar-refractivity contribution in [3.8, 4) is 11.3 Å². The molecule has 0 aliphatic rings. The maximum Gasteiger partial charge on any atom is 0.248 e. The van der Waals surface area contributed by atoms with Crippen LogP contribution in [0.3, 0.4) is 0 Å². The summed E-state index contributed by atoms with van der Waals surface area (Å²) in [6.45, 7) is 0. The molecule has 76 valence electrons. The quantitative estimate of drug-likeness (QED) is 0.674. The summed E-state index contributed by atoms with van der Waals surface area (Å²) in [6, 6.07) is 6.99. The molecule has 0 fully saturated rings. The number of carbonyl (C=O) groups is 1. The van der Waals surface area contributed by atoms with E-state index in [2.05, 4.69) is 9.97 Å². The highest BCUT2D eigenvalue weighted by Crippen LogP contribution is 2.16. The average molecular weight is 219 g/mol. The van der Waals surface area contributed by atoms with Crippen LogP contribution >= 0.6 is 12.2 Å². The van der Waals surface area contributed by atoms with E-state index >= 15 is 0 Å². The minimum atomic E-state index is -0.427. The van der Waals surface area contributed by atoms with E-state index < -0.39 is 5.91 Å². The molecule has 4 N–H and O–H groups in total. The van der Waals surface area contributed by atoms with Crippen molar-refractivity contribution >= 4 is 18.1 Å². The Labute approximate surface area is 91.1 Å². The monoisotopic (exact) mass is 219 g/mol. The second-order valence-corrected chi connectivity index (χ2v) is 3.51. The standard InChI is InChI=1S/C10H9N3OS/c11-9(14)7-3-1-6(2-4-7)8-5-12-10(15)13-8/h1-5H,(H2,11,14)(H2,12,13,15). The molecule has 1 amide bonds. The second-order valence-electron chi connectivity index (χ2n) is 3.10. The zero-order valence-electron chi connectivity index (χ0n) is 7.78. The van der Waals surface area contributed by atoms with Crippen molar-refractivity contribution in [2.75, 3.05) is 0 Å². The lowest BCUT2D eigenvalue weighted by Crippen LogP contribution is -2.10. The van der Waals surface area contributed by atoms with E-state index in [1.807, 2.05) is 12.1 Å². The van der Waals surface area contributed by atoms with Crippen LogP contribution in [0.4, 0.5) is 0 Å². The Kier molecular flexibility index (Phi) is 2.39. The van der Waals surface area contributed by atoms with Gasteiger partial charge in [-0.2, -0.15) is 0 Å². The number of carbonyl (C=O) groups excluding carboxylic acids is 1. The van der Waals surface area contributed by atoms with Crippen LogP contribution in [-0.2, 0) is 0 Å². The third kappa shape index (κ3) is 1.97. The molecule has 0 bridgehead atoms. The minimum absolute atomic E-state index is 0.427. The molecule has 4 nitrogen and oxygen atoms in total. The van der Waals surface area contributed by atoms with E-state index in [0.29, 0.717) is 10.3 Å². The first kappa shape index (κ1) is 9.67. The number of nitrogens with one attached hydrogen (secondary N) is 2. The number of hydrogen-bond acceptors (Lipinski definition) is 2. The van der Waals surface area contributed by atoms with Gasteiger partial charge in [-0.3, -0.25) is 4.79 Å². The summed E-state index contributed by atoms with van der Waals surface area (Å²) < 4.78 is 0.573. The number of H-pyrrole nitrogens is 2. The summed E-state index contributed by atoms with van der Waals surface area (Å²) in [6.07, 6.45) is 1.78. The van der Waals surface area contributed by atoms with Crippen molar-refractivity contribution in [3.63, 3.8) is 0 Å². The van der Waals surface area contributed by atoms with Crippen molar-refractivity contribution in [1.82, 2.24) is 9.97 Å². The molecule has 0 atom stereocenters. The van der Waals surface area contributed by atoms with Crippen LogP contribution < -0.4 is 5.73 Å². The summed E-state index contributed by atoms with van der Waals surface area (Å²) >= 11 is 4.91. The van der Waals surface area contributed by atoms with Gasteiger partial charge in [0.25, 0.3) is 0 Å². The van der Waals surface area contributed by atoms with Gasteiger partial charge in [0.1, 0.15) is 0 Å². The number of aromatic nitrogens is 2. The smallest absolute Gasteiger partial charge is 0.248 e. The zero-order chi connectivity index (χ0) is 10.8. The van der Waals surface area contributed by atoms with E-state index in [1.54, 1.807) is 18.3 Å². The van der Waals surface area contributed by atoms with Crippen molar-refractivity contribution in [3.05, 3.63) is 40.8 Å². The van der Waals surface area contributed by atoms with Crippen molar-refractivity contribution < 1.29 is 4.79 Å². The molecule has 0 saturated heterocycles. The average Bonchev–Trinajstić information content (AvgIpc) is 2.65. The Morgan fingerprint density at radius 3 is 2.40 bits per heavy atom. The number of hydrogen-bond donors (Lipinski definition) is 3. The highest BCUT2D eigenvalue weighted by Gasteiger charge is 2.02. The molecule has 5 heteroatoms. The molecule has 0 unspecified atom stereocenters. The third-order valence-electron chi connectivity index (χ3n) is 2.08. The molecule has 1 aromatic carbocycles. The first-order valence-corrected chi connectivity index (χ1v) is 4.75. The number of benzene rings is 1. The van der Waals surface area contributed by atoms with E-state index in [0.717, 1.165) is 11.3 Å². The van der Waals surface area contributed by atoms with Crippen LogP contribution in [0.15, 0.2) is 30.5 Å². The fourth-order valence-corrected chi connectivity index (χ4v) is 1.47. The molecule has 0 radical (unpaired) electrons. The van der Waals surface area contributed by atoms with Gasteiger partial charge >= 0.3 is 0 Å². The van der Waals surface area contributed by atoms with Gasteiger partial charge in [-0.25, -0.2) is 0 Å². The lowest BCUT2D eigenvalue weighted by molar-refractivity contribution is 0.100. The Hall–Kier alpha value is -1.88. The van der Waals surface area contributed by atoms with Gasteiger partial charge in [-0.1, -0.05) is 12.1 Å². The Morgan fingerprint density at radius 1 is 1.27 bits per heavy atom. The molecular weight excluding hydrogens is 210 g/mol. The first-order chi connectivity index (χ1) is 7.16. The molecule has 15 heavy (non-hydrogen) atoms. The van der Waals surface area contributed by atoms with Gasteiger partial charge in [0.2, 0.25) is 5.91 Å². The van der Waals surface area contributed by atoms with Crippen molar-refractivity contribution in [2.45, 2.75) is 0 Å². The van der Waals surface area contributed by atoms with Crippen LogP contribution in [0.1, 0.15) is 10.4 Å². The van der Waals surface area contributed by atoms with E-state index in [4.69, 9.17) is 18.0 Å². The molecule has 0 saturated carbocycles. The van der Waals surface area contributed by atoms with Gasteiger partial charge in [0.15, 0.2) is 4.77 Å². The van der Waals surface area contributed by atoms with Crippen LogP contribution in [0, 0.1) is 4.77 Å². The second kappa shape index (κ2) is 3.70. The highest BCUT2D eigenvalue weighted by molar-refractivity contribution is 7.71. The summed E-state index contributed by atoms with van der Waals surface area (Å²) in [5.74, 6) is -0.427. The normalized spacial score (nSPS) is 10.1. The Balaban J connectivity index is 2.39. The predicted octanol–water partition coefficient (Wildman–Crippen LogP) is 1.84. The number of rotatable bonds is 2. The molecular formula is C10H9N3OS. The summed E-state index contributed by atoms with van der Waals surface area (Å²) in [5, 5.41) is 0. The van der Waals surface area contributed by atoms with Crippen molar-refractivity contribution in [2.24, 2.45) is 5.73 Å². The first-order valence-electron chi connectivity index (χ1n) is 4.35. The lowest BCUT2D eigenvalue weighted by atomic mass is 10.1. The molecule has 0 aliphatic heterocycles. The minimum Gasteiger partial charge on any atom is -0.366 e. The van der Waals surface area contributed by atoms with Crippen LogP contribution in [0.2, 0.25) is 0 Å². The van der Waals surface area contributed by atoms with E-state index in [-0.39, 0.29) is 0 Å². The van der Waals surface area contributed by atoms with Gasteiger partial charge in [0, 0.05) is 11.8 Å². The molecule has 2 aromatic rings. The molecule has 1 aromatic heterocycles. The van der Waals surface area contributed by atoms with E-state index in [9.17, 15) is 4.79 Å². The number of amides is 1. The number of nitrogens with two attached hydrogens (primary N) is 1. The Morgan fingerprint density at radius 2 is 1.93 bits per heavy atom. The third-order valence-corrected chi connectivity index (χ3v) is 2.30. The lowest BCUT2D eigenvalue weighted by Gasteiger charge is -1.98. The summed E-state index contributed by atoms with van der Waals surface area (Å²) in [7, 11) is 0. The van der Waals surface area contributed by atoms with Gasteiger partial charge in [0.05, 0.1) is 5.69 Å². The molecule has 1 heterocycles. The van der Waals surface area contributed by atoms with Crippen LogP contribution in [0.25, 0.3) is 11.3 Å². The summed E-state index contributed by atoms with van der Waals surface area (Å²) in [5.41, 5.74) is 7.47. The Bertz CT molecular complexity index is 538. The van der Waals surface area contributed by atoms with Crippen LogP contribution in [0.5, 0.6) is 0 Å². The van der Waals surface area contributed by atoms with Crippen LogP contribution in [-0.4, -0.2) is 15.9 Å². The van der Waals surface area contributed by atoms with Gasteiger partial charge in [-0.15, -0.1) is 0 Å². The van der Waals surface area contributed by atoms with Gasteiger partial charge in [-0.05, 0) is 29.9 Å². The number of imidazole rings is 1. The van der Waals surface area contributed by atoms with Crippen molar-refractivity contribution in [1.29, 1.82) is 0 Å². The topological polar surface area (TPSA) is 74.7 Å². The zero-order valence-corrected chi connectivity index (χ0v) is 8.60. The number of primary amides is 1. The number of aromatic amines is 2. The highest BCUT2D eigenvalue weighted by atomic mass is 32.1. The fourth-order valence-electron chi connectivity index (χ4n) is 1.30. The molecule has 0 aliphatic carbocycles. The van der Waals surface area contributed by atoms with E-state index in [1.165, 1.54) is 0 Å². The SMILES string of the molecule is NC(=O)c1ccc(-c2c[nH]c(=S)[nH]2)cc1. The molecule has 2 rings (SSSR count). The summed E-state index contributed by atoms with van der Waals surface area (Å²) in [4.78, 5) is 16.7. The maximum atomic E-state index is 10.8. The fraction of sp³-hybridized carbons (Fsp3) is 0. The molecule has 0 spiro atoms. The van der Waals surface area contributed by atoms with Gasteiger partial charge < -0.3 is 15.7 Å².